The van der Waals surface area contributed by atoms with Crippen LogP contribution >= 0.6 is 0 Å². The van der Waals surface area contributed by atoms with Crippen LogP contribution in [0.2, 0.25) is 0 Å². The number of carbonyl (C=O) groups is 1. The van der Waals surface area contributed by atoms with Gasteiger partial charge in [-0.3, -0.25) is 0 Å². The summed E-state index contributed by atoms with van der Waals surface area (Å²) >= 11 is 0. The molecule has 1 unspecified atom stereocenters. The summed E-state index contributed by atoms with van der Waals surface area (Å²) in [6.07, 6.45) is 1.39. The molecule has 0 heterocycles. The van der Waals surface area contributed by atoms with E-state index in [0.717, 1.165) is 0 Å². The Balaban J connectivity index is 3.59. The number of carbonyl (C=O) groups excluding carboxylic acids is 1. The van der Waals surface area contributed by atoms with Crippen LogP contribution in [0.5, 0.6) is 0 Å². The maximum absolute atomic E-state index is 10.0. The van der Waals surface area contributed by atoms with Gasteiger partial charge in [0.15, 0.2) is 0 Å². The lowest BCUT2D eigenvalue weighted by Crippen LogP contribution is -2.02. The number of hydrogen-bond acceptors (Lipinski definition) is 2. The van der Waals surface area contributed by atoms with Crippen LogP contribution in [0.15, 0.2) is 0 Å². The minimum absolute atomic E-state index is 0.398. The maximum atomic E-state index is 10.0. The molecule has 0 fully saturated rings. The third kappa shape index (κ3) is 3.72. The van der Waals surface area contributed by atoms with Gasteiger partial charge in [-0.1, -0.05) is 13.8 Å². The second-order valence-corrected chi connectivity index (χ2v) is 2.50. The van der Waals surface area contributed by atoms with Crippen molar-refractivity contribution < 1.29 is 4.79 Å². The Morgan fingerprint density at radius 1 is 1.67 bits per heavy atom. The Morgan fingerprint density at radius 3 is 2.33 bits per heavy atom. The summed E-state index contributed by atoms with van der Waals surface area (Å²) in [5, 5.41) is 8.29. The van der Waals surface area contributed by atoms with Crippen LogP contribution in [0.4, 0.5) is 0 Å². The molecular formula is C7H11NO. The van der Waals surface area contributed by atoms with Crippen molar-refractivity contribution in [1.82, 2.24) is 0 Å². The maximum Gasteiger partial charge on any atom is 0.137 e. The van der Waals surface area contributed by atoms with Gasteiger partial charge in [0.05, 0.1) is 6.07 Å². The van der Waals surface area contributed by atoms with Gasteiger partial charge in [0.25, 0.3) is 0 Å². The van der Waals surface area contributed by atoms with E-state index in [2.05, 4.69) is 0 Å². The predicted molar refractivity (Wildman–Crippen MR) is 34.6 cm³/mol. The van der Waals surface area contributed by atoms with Crippen LogP contribution in [0.1, 0.15) is 20.3 Å². The standard InChI is InChI=1S/C7H11NO/c1-6(2)3-7(4-8)5-9/h5-7H,3H2,1-2H3. The van der Waals surface area contributed by atoms with Gasteiger partial charge in [-0.2, -0.15) is 5.26 Å². The smallest absolute Gasteiger partial charge is 0.137 e. The summed E-state index contributed by atoms with van der Waals surface area (Å²) in [6.45, 7) is 3.99. The minimum Gasteiger partial charge on any atom is -0.302 e. The van der Waals surface area contributed by atoms with E-state index in [9.17, 15) is 4.79 Å². The Kier molecular flexibility index (Phi) is 3.70. The summed E-state index contributed by atoms with van der Waals surface area (Å²) in [7, 11) is 0. The van der Waals surface area contributed by atoms with Gasteiger partial charge >= 0.3 is 0 Å². The summed E-state index contributed by atoms with van der Waals surface area (Å²) in [6, 6.07) is 1.92. The fourth-order valence-corrected chi connectivity index (χ4v) is 0.647. The number of nitrogens with zero attached hydrogens (tertiary/aromatic N) is 1. The molecule has 0 saturated carbocycles. The van der Waals surface area contributed by atoms with E-state index < -0.39 is 5.92 Å². The van der Waals surface area contributed by atoms with Crippen LogP contribution in [-0.2, 0) is 4.79 Å². The number of rotatable bonds is 3. The van der Waals surface area contributed by atoms with Gasteiger partial charge in [-0.25, -0.2) is 0 Å². The molecular weight excluding hydrogens is 114 g/mol. The molecule has 0 aliphatic carbocycles. The zero-order valence-corrected chi connectivity index (χ0v) is 5.79. The highest BCUT2D eigenvalue weighted by molar-refractivity contribution is 5.57. The fraction of sp³-hybridized carbons (Fsp3) is 0.714. The SMILES string of the molecule is CC(C)CC(C#N)C=O. The molecule has 0 spiro atoms. The largest absolute Gasteiger partial charge is 0.302 e. The van der Waals surface area contributed by atoms with Crippen molar-refractivity contribution in [2.45, 2.75) is 20.3 Å². The predicted octanol–water partition coefficient (Wildman–Crippen LogP) is 1.37. The van der Waals surface area contributed by atoms with E-state index in [4.69, 9.17) is 5.26 Å². The molecule has 0 radical (unpaired) electrons. The third-order valence-corrected chi connectivity index (χ3v) is 1.06. The molecule has 0 rings (SSSR count). The number of hydrogen-bond donors (Lipinski definition) is 0. The highest BCUT2D eigenvalue weighted by atomic mass is 16.1. The van der Waals surface area contributed by atoms with Gasteiger partial charge < -0.3 is 4.79 Å². The van der Waals surface area contributed by atoms with Crippen molar-refractivity contribution in [1.29, 1.82) is 5.26 Å². The highest BCUT2D eigenvalue weighted by Gasteiger charge is 2.06. The quantitative estimate of drug-likeness (QED) is 0.534. The molecule has 0 bridgehead atoms. The Morgan fingerprint density at radius 2 is 2.22 bits per heavy atom. The van der Waals surface area contributed by atoms with E-state index >= 15 is 0 Å². The third-order valence-electron chi connectivity index (χ3n) is 1.06. The Labute approximate surface area is 55.5 Å². The zero-order valence-electron chi connectivity index (χ0n) is 5.79. The van der Waals surface area contributed by atoms with Gasteiger partial charge in [0, 0.05) is 0 Å². The second-order valence-electron chi connectivity index (χ2n) is 2.50. The molecule has 0 N–H and O–H groups in total. The van der Waals surface area contributed by atoms with E-state index in [1.54, 1.807) is 0 Å². The summed E-state index contributed by atoms with van der Waals surface area (Å²) < 4.78 is 0. The highest BCUT2D eigenvalue weighted by Crippen LogP contribution is 2.07. The fourth-order valence-electron chi connectivity index (χ4n) is 0.647. The Bertz CT molecular complexity index is 123. The molecule has 2 heteroatoms. The van der Waals surface area contributed by atoms with Crippen molar-refractivity contribution >= 4 is 6.29 Å². The second kappa shape index (κ2) is 4.08. The van der Waals surface area contributed by atoms with E-state index in [1.165, 1.54) is 0 Å². The topological polar surface area (TPSA) is 40.9 Å². The minimum atomic E-state index is -0.398. The molecule has 0 aromatic heterocycles. The normalized spacial score (nSPS) is 12.7. The first-order chi connectivity index (χ1) is 4.20. The molecule has 0 aliphatic rings. The molecule has 0 saturated heterocycles. The van der Waals surface area contributed by atoms with Crippen LogP contribution in [0, 0.1) is 23.2 Å². The van der Waals surface area contributed by atoms with Crippen molar-refractivity contribution in [3.8, 4) is 6.07 Å². The van der Waals surface area contributed by atoms with Crippen molar-refractivity contribution in [2.75, 3.05) is 0 Å². The lowest BCUT2D eigenvalue weighted by Gasteiger charge is -2.02. The van der Waals surface area contributed by atoms with Crippen molar-refractivity contribution in [3.63, 3.8) is 0 Å². The average Bonchev–Trinajstić information content (AvgIpc) is 1.82. The summed E-state index contributed by atoms with van der Waals surface area (Å²) in [5.74, 6) is 0.0323. The van der Waals surface area contributed by atoms with Gasteiger partial charge in [0.2, 0.25) is 0 Å². The molecule has 50 valence electrons. The molecule has 0 aromatic rings. The molecule has 0 aromatic carbocycles. The van der Waals surface area contributed by atoms with Crippen LogP contribution in [-0.4, -0.2) is 6.29 Å². The van der Waals surface area contributed by atoms with Crippen molar-refractivity contribution in [2.24, 2.45) is 11.8 Å². The monoisotopic (exact) mass is 125 g/mol. The van der Waals surface area contributed by atoms with Crippen molar-refractivity contribution in [3.05, 3.63) is 0 Å². The summed E-state index contributed by atoms with van der Waals surface area (Å²) in [5.41, 5.74) is 0. The van der Waals surface area contributed by atoms with Crippen LogP contribution < -0.4 is 0 Å². The first-order valence-corrected chi connectivity index (χ1v) is 3.05. The average molecular weight is 125 g/mol. The molecule has 9 heavy (non-hydrogen) atoms. The zero-order chi connectivity index (χ0) is 7.28. The number of nitriles is 1. The van der Waals surface area contributed by atoms with Crippen LogP contribution in [0.25, 0.3) is 0 Å². The summed E-state index contributed by atoms with van der Waals surface area (Å²) in [4.78, 5) is 10.0. The first kappa shape index (κ1) is 8.16. The molecule has 0 aliphatic heterocycles. The van der Waals surface area contributed by atoms with Gasteiger partial charge in [0.1, 0.15) is 12.2 Å². The lowest BCUT2D eigenvalue weighted by molar-refractivity contribution is -0.110. The molecule has 1 atom stereocenters. The van der Waals surface area contributed by atoms with E-state index in [-0.39, 0.29) is 0 Å². The molecule has 2 nitrogen and oxygen atoms in total. The Hall–Kier alpha value is -0.840. The van der Waals surface area contributed by atoms with Gasteiger partial charge in [-0.05, 0) is 12.3 Å². The van der Waals surface area contributed by atoms with Crippen LogP contribution in [0.3, 0.4) is 0 Å². The van der Waals surface area contributed by atoms with E-state index in [1.807, 2.05) is 19.9 Å². The van der Waals surface area contributed by atoms with Gasteiger partial charge in [-0.15, -0.1) is 0 Å². The number of aldehydes is 1. The molecule has 0 amide bonds. The first-order valence-electron chi connectivity index (χ1n) is 3.05. The lowest BCUT2D eigenvalue weighted by atomic mass is 10.0. The van der Waals surface area contributed by atoms with E-state index in [0.29, 0.717) is 18.6 Å².